The number of nitrogens with zero attached hydrogens (tertiary/aromatic N) is 2. The molecule has 5 unspecified atom stereocenters. The number of aliphatic hydroxyl groups excluding tert-OH is 4. The molecule has 49 heavy (non-hydrogen) atoms. The van der Waals surface area contributed by atoms with Crippen LogP contribution in [0.4, 0.5) is 0 Å². The molecule has 7 N–H and O–H groups in total. The summed E-state index contributed by atoms with van der Waals surface area (Å²) in [6, 6.07) is 1.80. The molecular weight excluding hydrogens is 662 g/mol. The van der Waals surface area contributed by atoms with Crippen molar-refractivity contribution in [2.24, 2.45) is 5.16 Å². The van der Waals surface area contributed by atoms with Crippen molar-refractivity contribution in [3.05, 3.63) is 47.6 Å². The van der Waals surface area contributed by atoms with Gasteiger partial charge in [-0.2, -0.15) is 0 Å². The summed E-state index contributed by atoms with van der Waals surface area (Å²) in [5, 5.41) is 67.6. The van der Waals surface area contributed by atoms with Crippen LogP contribution in [0.1, 0.15) is 54.9 Å². The number of cyclic esters (lactones) is 1. The Morgan fingerprint density at radius 1 is 1.06 bits per heavy atom. The third-order valence-corrected chi connectivity index (χ3v) is 9.40. The largest absolute Gasteiger partial charge is 0.508 e. The lowest BCUT2D eigenvalue weighted by atomic mass is 9.99. The first-order valence-corrected chi connectivity index (χ1v) is 17.3. The smallest absolute Gasteiger partial charge is 0.342 e. The van der Waals surface area contributed by atoms with Gasteiger partial charge in [-0.3, -0.25) is 9.59 Å². The van der Waals surface area contributed by atoms with Gasteiger partial charge in [0.2, 0.25) is 5.91 Å². The number of carbonyl (C=O) groups excluding carboxylic acids is 3. The third-order valence-electron chi connectivity index (χ3n) is 8.26. The Balaban J connectivity index is 1.50. The van der Waals surface area contributed by atoms with E-state index in [4.69, 9.17) is 14.3 Å². The van der Waals surface area contributed by atoms with Crippen molar-refractivity contribution < 1.29 is 59.3 Å². The van der Waals surface area contributed by atoms with E-state index in [1.54, 1.807) is 36.1 Å². The molecule has 7 atom stereocenters. The van der Waals surface area contributed by atoms with Crippen LogP contribution in [-0.4, -0.2) is 133 Å². The second-order valence-corrected chi connectivity index (χ2v) is 13.3. The number of hydrogen-bond acceptors (Lipinski definition) is 14. The summed E-state index contributed by atoms with van der Waals surface area (Å²) >= 11 is 0.900. The molecule has 0 radical (unpaired) electrons. The Morgan fingerprint density at radius 3 is 2.55 bits per heavy atom. The predicted octanol–water partition coefficient (Wildman–Crippen LogP) is 0.495. The van der Waals surface area contributed by atoms with Gasteiger partial charge in [-0.05, 0) is 50.3 Å². The maximum absolute atomic E-state index is 13.2. The van der Waals surface area contributed by atoms with Crippen molar-refractivity contribution in [2.75, 3.05) is 32.1 Å². The van der Waals surface area contributed by atoms with Crippen molar-refractivity contribution in [3.8, 4) is 11.5 Å². The van der Waals surface area contributed by atoms with Gasteiger partial charge in [0.1, 0.15) is 53.0 Å². The van der Waals surface area contributed by atoms with Crippen LogP contribution in [-0.2, 0) is 30.3 Å². The molecule has 4 rings (SSSR count). The summed E-state index contributed by atoms with van der Waals surface area (Å²) in [7, 11) is 0. The Morgan fingerprint density at radius 2 is 1.82 bits per heavy atom. The quantitative estimate of drug-likeness (QED) is 0.111. The number of ether oxygens (including phenoxy) is 2. The van der Waals surface area contributed by atoms with Gasteiger partial charge in [0, 0.05) is 32.0 Å². The fourth-order valence-electron chi connectivity index (χ4n) is 5.64. The number of phenols is 2. The van der Waals surface area contributed by atoms with Gasteiger partial charge in [-0.25, -0.2) is 4.79 Å². The lowest BCUT2D eigenvalue weighted by molar-refractivity contribution is -0.205. The van der Waals surface area contributed by atoms with Crippen molar-refractivity contribution >= 4 is 35.3 Å². The van der Waals surface area contributed by atoms with Crippen LogP contribution in [0.25, 0.3) is 0 Å². The number of hydrogen-bond donors (Lipinski definition) is 7. The molecule has 2 saturated heterocycles. The summed E-state index contributed by atoms with van der Waals surface area (Å²) in [6.07, 6.45) is 3.85. The summed E-state index contributed by atoms with van der Waals surface area (Å²) in [5.41, 5.74) is -0.744. The van der Waals surface area contributed by atoms with Gasteiger partial charge in [0.05, 0.1) is 24.1 Å². The highest BCUT2D eigenvalue weighted by molar-refractivity contribution is 8.00. The molecular formula is C33H45N3O12S. The summed E-state index contributed by atoms with van der Waals surface area (Å²) in [4.78, 5) is 45.9. The number of thioether (sulfide) groups is 1. The number of amides is 2. The number of esters is 1. The molecule has 270 valence electrons. The Kier molecular flexibility index (Phi) is 14.3. The molecule has 2 amide bonds. The molecule has 15 nitrogen and oxygen atoms in total. The number of likely N-dealkylation sites (tertiary alicyclic amines) is 1. The van der Waals surface area contributed by atoms with E-state index in [0.29, 0.717) is 13.1 Å². The van der Waals surface area contributed by atoms with Crippen molar-refractivity contribution in [3.63, 3.8) is 0 Å². The Hall–Kier alpha value is -3.67. The molecule has 3 aliphatic rings. The average Bonchev–Trinajstić information content (AvgIpc) is 3.06. The first-order valence-electron chi connectivity index (χ1n) is 16.2. The predicted molar refractivity (Wildman–Crippen MR) is 178 cm³/mol. The van der Waals surface area contributed by atoms with E-state index in [1.807, 2.05) is 0 Å². The number of oxime groups is 1. The number of piperidine rings is 1. The van der Waals surface area contributed by atoms with Gasteiger partial charge >= 0.3 is 5.97 Å². The number of nitrogens with one attached hydrogen (secondary N) is 1. The minimum Gasteiger partial charge on any atom is -0.508 e. The number of phenolic OH excluding ortho intramolecular Hbond substituents is 2. The normalized spacial score (nSPS) is 30.4. The van der Waals surface area contributed by atoms with Gasteiger partial charge in [-0.15, -0.1) is 11.8 Å². The van der Waals surface area contributed by atoms with E-state index in [2.05, 4.69) is 10.5 Å². The van der Waals surface area contributed by atoms with E-state index in [0.717, 1.165) is 37.1 Å². The maximum Gasteiger partial charge on any atom is 0.342 e. The van der Waals surface area contributed by atoms with E-state index in [1.165, 1.54) is 6.07 Å². The van der Waals surface area contributed by atoms with Crippen LogP contribution in [0, 0.1) is 0 Å². The zero-order valence-electron chi connectivity index (χ0n) is 27.2. The molecule has 3 aliphatic heterocycles. The molecule has 16 heteroatoms. The minimum atomic E-state index is -1.56. The van der Waals surface area contributed by atoms with Crippen LogP contribution >= 0.6 is 11.8 Å². The second kappa shape index (κ2) is 18.4. The lowest BCUT2D eigenvalue weighted by Gasteiger charge is -2.39. The van der Waals surface area contributed by atoms with Crippen LogP contribution in [0.2, 0.25) is 0 Å². The van der Waals surface area contributed by atoms with E-state index in [-0.39, 0.29) is 60.1 Å². The number of benzene rings is 1. The molecule has 0 aromatic heterocycles. The highest BCUT2D eigenvalue weighted by atomic mass is 32.2. The van der Waals surface area contributed by atoms with Crippen molar-refractivity contribution in [1.82, 2.24) is 10.2 Å². The highest BCUT2D eigenvalue weighted by Gasteiger charge is 2.43. The van der Waals surface area contributed by atoms with E-state index >= 15 is 0 Å². The first kappa shape index (κ1) is 38.1. The summed E-state index contributed by atoms with van der Waals surface area (Å²) in [6.45, 7) is 2.07. The standard InChI is InChI=1S/C33H45N3O12S/c1-19-7-5-8-21(34-26(40)18-49-33-31(44)30(43)29(42)25(16-37)48-33)9-6-10-22(35-46-17-27(41)36-11-3-2-4-12-36)13-20-14-23(38)15-24(39)28(20)32(45)47-19/h5-6,8,10,14-15,19,21,25,29-31,33,37-39,42-44H,2-4,7,9,11-13,16-18H2,1H3,(H,34,40)/b8-5+,10-6+,35-22+/t19-,21+,25?,29?,30?,31?,33?/m1/s1. The number of aromatic hydroxyl groups is 2. The molecule has 0 aliphatic carbocycles. The average molecular weight is 708 g/mol. The monoisotopic (exact) mass is 707 g/mol. The zero-order valence-corrected chi connectivity index (χ0v) is 28.0. The van der Waals surface area contributed by atoms with Crippen LogP contribution in [0.3, 0.4) is 0 Å². The van der Waals surface area contributed by atoms with Crippen molar-refractivity contribution in [1.29, 1.82) is 0 Å². The summed E-state index contributed by atoms with van der Waals surface area (Å²) < 4.78 is 11.0. The molecule has 0 saturated carbocycles. The molecule has 0 spiro atoms. The van der Waals surface area contributed by atoms with Gasteiger partial charge in [-0.1, -0.05) is 23.4 Å². The molecule has 3 heterocycles. The van der Waals surface area contributed by atoms with Crippen LogP contribution in [0.5, 0.6) is 11.5 Å². The second-order valence-electron chi connectivity index (χ2n) is 12.2. The van der Waals surface area contributed by atoms with Crippen molar-refractivity contribution in [2.45, 2.75) is 87.4 Å². The molecule has 1 aromatic carbocycles. The van der Waals surface area contributed by atoms with Gasteiger partial charge in [0.25, 0.3) is 5.91 Å². The lowest BCUT2D eigenvalue weighted by Crippen LogP contribution is -2.57. The number of carbonyl (C=O) groups is 3. The third kappa shape index (κ3) is 10.9. The minimum absolute atomic E-state index is 0.0855. The van der Waals surface area contributed by atoms with E-state index < -0.39 is 66.2 Å². The fourth-order valence-corrected chi connectivity index (χ4v) is 6.62. The molecule has 1 aromatic rings. The van der Waals surface area contributed by atoms with Gasteiger partial charge < -0.3 is 55.2 Å². The van der Waals surface area contributed by atoms with Crippen LogP contribution < -0.4 is 5.32 Å². The topological polar surface area (TPSA) is 228 Å². The van der Waals surface area contributed by atoms with E-state index in [9.17, 15) is 45.0 Å². The Bertz CT molecular complexity index is 1400. The number of fused-ring (bicyclic) bond motifs is 1. The fraction of sp³-hybridized carbons (Fsp3) is 0.576. The number of aliphatic hydroxyl groups is 4. The number of allylic oxidation sites excluding steroid dienone is 1. The maximum atomic E-state index is 13.2. The summed E-state index contributed by atoms with van der Waals surface area (Å²) in [5.74, 6) is -2.39. The van der Waals surface area contributed by atoms with Crippen LogP contribution in [0.15, 0.2) is 41.6 Å². The highest BCUT2D eigenvalue weighted by Crippen LogP contribution is 2.30. The molecule has 0 bridgehead atoms. The van der Waals surface area contributed by atoms with Gasteiger partial charge in [0.15, 0.2) is 6.61 Å². The zero-order chi connectivity index (χ0) is 35.5. The Labute approximate surface area is 288 Å². The first-order chi connectivity index (χ1) is 23.5. The SMILES string of the molecule is C[C@@H]1C/C=C/[C@H](NC(=O)CSC2OC(CO)C(O)C(O)C2O)C/C=C/C(=N\OCC(=O)N2CCCCC2)Cc2cc(O)cc(O)c2C(=O)O1. The molecule has 2 fully saturated rings. The number of rotatable bonds is 8.